The minimum Gasteiger partial charge on any atom is -0.375 e. The molecule has 0 spiro atoms. The molecule has 0 heterocycles. The maximum Gasteiger partial charge on any atom is 0.245 e. The number of nitrogens with one attached hydrogen (secondary N) is 1. The van der Waals surface area contributed by atoms with Gasteiger partial charge in [-0.25, -0.2) is 5.06 Å². The second kappa shape index (κ2) is 20.4. The van der Waals surface area contributed by atoms with Gasteiger partial charge in [0.1, 0.15) is 6.61 Å². The fourth-order valence-electron chi connectivity index (χ4n) is 0.588. The number of methoxy groups -OCH3 is 1. The lowest BCUT2D eigenvalue weighted by Gasteiger charge is -1.99. The highest BCUT2D eigenvalue weighted by molar-refractivity contribution is 5.76. The fraction of sp³-hybridized carbons (Fsp3) is 0.467. The average Bonchev–Trinajstić information content (AvgIpc) is 2.52. The second-order valence-corrected chi connectivity index (χ2v) is 3.30. The van der Waals surface area contributed by atoms with E-state index in [9.17, 15) is 9.59 Å². The van der Waals surface area contributed by atoms with E-state index in [1.54, 1.807) is 7.05 Å². The standard InChI is InChI=1S/C6H6.C4H9NO2.C3H7NO2.C2H6/c1-2-4-6-5-3-1;1-5-4(6)3-7-2;1-3(5)4(2)6;1-2/h1-6H;3H2,1-2H3,(H,5,6);6H,1-2H3;1-2H3. The summed E-state index contributed by atoms with van der Waals surface area (Å²) < 4.78 is 4.48. The van der Waals surface area contributed by atoms with Gasteiger partial charge in [-0.2, -0.15) is 0 Å². The highest BCUT2D eigenvalue weighted by atomic mass is 16.5. The quantitative estimate of drug-likeness (QED) is 0.646. The van der Waals surface area contributed by atoms with E-state index in [0.717, 1.165) is 0 Å². The molecule has 2 amide bonds. The molecular formula is C15H28N2O4. The fourth-order valence-corrected chi connectivity index (χ4v) is 0.588. The van der Waals surface area contributed by atoms with Crippen LogP contribution in [0, 0.1) is 0 Å². The van der Waals surface area contributed by atoms with Gasteiger partial charge in [0.25, 0.3) is 0 Å². The zero-order valence-corrected chi connectivity index (χ0v) is 13.8. The first-order valence-electron chi connectivity index (χ1n) is 6.58. The van der Waals surface area contributed by atoms with Crippen LogP contribution in [0.1, 0.15) is 20.8 Å². The average molecular weight is 300 g/mol. The summed E-state index contributed by atoms with van der Waals surface area (Å²) in [4.78, 5) is 20.0. The molecule has 0 aliphatic heterocycles. The predicted molar refractivity (Wildman–Crippen MR) is 84.0 cm³/mol. The lowest BCUT2D eigenvalue weighted by atomic mass is 10.4. The summed E-state index contributed by atoms with van der Waals surface area (Å²) in [7, 11) is 4.33. The third kappa shape index (κ3) is 27.3. The molecule has 0 fully saturated rings. The largest absolute Gasteiger partial charge is 0.375 e. The number of hydrogen-bond donors (Lipinski definition) is 2. The van der Waals surface area contributed by atoms with Gasteiger partial charge >= 0.3 is 0 Å². The molecule has 0 saturated carbocycles. The van der Waals surface area contributed by atoms with E-state index in [4.69, 9.17) is 5.21 Å². The Morgan fingerprint density at radius 2 is 1.38 bits per heavy atom. The molecule has 0 aliphatic carbocycles. The third-order valence-electron chi connectivity index (χ3n) is 1.68. The van der Waals surface area contributed by atoms with Crippen LogP contribution >= 0.6 is 0 Å². The topological polar surface area (TPSA) is 78.9 Å². The van der Waals surface area contributed by atoms with Gasteiger partial charge < -0.3 is 10.1 Å². The number of amides is 2. The van der Waals surface area contributed by atoms with E-state index in [2.05, 4.69) is 10.1 Å². The Kier molecular flexibility index (Phi) is 23.4. The van der Waals surface area contributed by atoms with Crippen molar-refractivity contribution in [3.8, 4) is 0 Å². The van der Waals surface area contributed by atoms with Crippen LogP contribution in [0.3, 0.4) is 0 Å². The molecule has 0 atom stereocenters. The highest BCUT2D eigenvalue weighted by Gasteiger charge is 1.90. The molecule has 0 aromatic heterocycles. The summed E-state index contributed by atoms with van der Waals surface area (Å²) in [5, 5.41) is 11.0. The Labute approximate surface area is 127 Å². The number of hydrogen-bond acceptors (Lipinski definition) is 4. The van der Waals surface area contributed by atoms with Gasteiger partial charge in [-0.3, -0.25) is 14.8 Å². The van der Waals surface area contributed by atoms with Crippen LogP contribution in [0.15, 0.2) is 36.4 Å². The maximum absolute atomic E-state index is 10.2. The Hall–Kier alpha value is -1.92. The molecule has 0 saturated heterocycles. The molecule has 122 valence electrons. The minimum atomic E-state index is -0.352. The number of rotatable bonds is 2. The summed E-state index contributed by atoms with van der Waals surface area (Å²) in [5.41, 5.74) is 0. The van der Waals surface area contributed by atoms with E-state index >= 15 is 0 Å². The number of ether oxygens (including phenoxy) is 1. The molecule has 2 N–H and O–H groups in total. The molecule has 21 heavy (non-hydrogen) atoms. The van der Waals surface area contributed by atoms with Crippen molar-refractivity contribution < 1.29 is 19.5 Å². The van der Waals surface area contributed by atoms with Gasteiger partial charge in [0, 0.05) is 28.1 Å². The van der Waals surface area contributed by atoms with Crippen LogP contribution in [0.2, 0.25) is 0 Å². The Morgan fingerprint density at radius 1 is 1.10 bits per heavy atom. The Morgan fingerprint density at radius 3 is 1.48 bits per heavy atom. The van der Waals surface area contributed by atoms with Gasteiger partial charge in [0.2, 0.25) is 11.8 Å². The van der Waals surface area contributed by atoms with E-state index in [0.29, 0.717) is 5.06 Å². The van der Waals surface area contributed by atoms with Crippen molar-refractivity contribution in [2.24, 2.45) is 0 Å². The van der Waals surface area contributed by atoms with Crippen molar-refractivity contribution >= 4 is 11.8 Å². The SMILES string of the molecule is CC.CC(=O)N(C)O.CNC(=O)COC.c1ccccc1. The van der Waals surface area contributed by atoms with Gasteiger partial charge in [-0.1, -0.05) is 50.2 Å². The van der Waals surface area contributed by atoms with Gasteiger partial charge in [-0.05, 0) is 0 Å². The normalized spacial score (nSPS) is 7.57. The summed E-state index contributed by atoms with van der Waals surface area (Å²) in [6.07, 6.45) is 0. The zero-order valence-electron chi connectivity index (χ0n) is 13.8. The lowest BCUT2D eigenvalue weighted by Crippen LogP contribution is -2.22. The number of likely N-dealkylation sites (N-methyl/N-ethyl adjacent to an activating group) is 1. The van der Waals surface area contributed by atoms with Crippen molar-refractivity contribution in [2.75, 3.05) is 27.8 Å². The number of carbonyl (C=O) groups excluding carboxylic acids is 2. The van der Waals surface area contributed by atoms with Crippen LogP contribution in [0.25, 0.3) is 0 Å². The van der Waals surface area contributed by atoms with Crippen LogP contribution in [0.5, 0.6) is 0 Å². The molecule has 6 nitrogen and oxygen atoms in total. The van der Waals surface area contributed by atoms with Crippen LogP contribution in [0.4, 0.5) is 0 Å². The predicted octanol–water partition coefficient (Wildman–Crippen LogP) is 1.95. The molecular weight excluding hydrogens is 272 g/mol. The van der Waals surface area contributed by atoms with Crippen molar-refractivity contribution in [1.29, 1.82) is 0 Å². The summed E-state index contributed by atoms with van der Waals surface area (Å²) in [6, 6.07) is 12.0. The minimum absolute atomic E-state index is 0.0949. The van der Waals surface area contributed by atoms with Crippen LogP contribution < -0.4 is 5.32 Å². The second-order valence-electron chi connectivity index (χ2n) is 3.30. The van der Waals surface area contributed by atoms with Gasteiger partial charge in [-0.15, -0.1) is 0 Å². The molecule has 0 radical (unpaired) electrons. The summed E-state index contributed by atoms with van der Waals surface area (Å²) in [5.74, 6) is -0.447. The van der Waals surface area contributed by atoms with E-state index < -0.39 is 0 Å². The van der Waals surface area contributed by atoms with Gasteiger partial charge in [0.15, 0.2) is 0 Å². The highest BCUT2D eigenvalue weighted by Crippen LogP contribution is 1.79. The number of hydroxylamine groups is 2. The van der Waals surface area contributed by atoms with Crippen molar-refractivity contribution in [3.05, 3.63) is 36.4 Å². The number of nitrogens with zero attached hydrogens (tertiary/aromatic N) is 1. The van der Waals surface area contributed by atoms with Crippen LogP contribution in [-0.4, -0.2) is 49.9 Å². The molecule has 0 aliphatic rings. The van der Waals surface area contributed by atoms with E-state index in [1.807, 2.05) is 50.2 Å². The smallest absolute Gasteiger partial charge is 0.245 e. The molecule has 1 rings (SSSR count). The van der Waals surface area contributed by atoms with Crippen molar-refractivity contribution in [2.45, 2.75) is 20.8 Å². The molecule has 0 bridgehead atoms. The Bertz CT molecular complexity index is 303. The first kappa shape index (κ1) is 24.1. The van der Waals surface area contributed by atoms with Crippen molar-refractivity contribution in [3.63, 3.8) is 0 Å². The first-order chi connectivity index (χ1) is 9.95. The first-order valence-corrected chi connectivity index (χ1v) is 6.58. The van der Waals surface area contributed by atoms with Gasteiger partial charge in [0.05, 0.1) is 0 Å². The monoisotopic (exact) mass is 300 g/mol. The number of carbonyl (C=O) groups is 2. The Balaban J connectivity index is -0.000000219. The van der Waals surface area contributed by atoms with E-state index in [1.165, 1.54) is 21.1 Å². The maximum atomic E-state index is 10.2. The van der Waals surface area contributed by atoms with E-state index in [-0.39, 0.29) is 18.4 Å². The lowest BCUT2D eigenvalue weighted by molar-refractivity contribution is -0.156. The third-order valence-corrected chi connectivity index (χ3v) is 1.68. The molecule has 1 aromatic carbocycles. The van der Waals surface area contributed by atoms with Crippen molar-refractivity contribution in [1.82, 2.24) is 10.4 Å². The molecule has 0 unspecified atom stereocenters. The summed E-state index contributed by atoms with van der Waals surface area (Å²) >= 11 is 0. The number of benzene rings is 1. The molecule has 1 aromatic rings. The summed E-state index contributed by atoms with van der Waals surface area (Å²) in [6.45, 7) is 5.43. The molecule has 6 heteroatoms. The van der Waals surface area contributed by atoms with Crippen LogP contribution in [-0.2, 0) is 14.3 Å². The zero-order chi connectivity index (χ0) is 17.1.